The zero-order valence-electron chi connectivity index (χ0n) is 16.2. The number of ketones is 2. The maximum atomic E-state index is 14.4. The Hall–Kier alpha value is -2.02. The Labute approximate surface area is 170 Å². The van der Waals surface area contributed by atoms with Gasteiger partial charge in [0, 0.05) is 12.1 Å². The van der Waals surface area contributed by atoms with Gasteiger partial charge in [-0.2, -0.15) is 0 Å². The maximum Gasteiger partial charge on any atom is 0.361 e. The molecular weight excluding hydrogens is 379 g/mol. The summed E-state index contributed by atoms with van der Waals surface area (Å²) >= 11 is 5.80. The summed E-state index contributed by atoms with van der Waals surface area (Å²) in [5.74, 6) is -2.64. The highest BCUT2D eigenvalue weighted by atomic mass is 35.5. The number of nitrogens with one attached hydrogen (secondary N) is 1. The topological polar surface area (TPSA) is 55.4 Å². The van der Waals surface area contributed by atoms with Gasteiger partial charge in [0.1, 0.15) is 5.82 Å². The molecule has 1 N–H and O–H groups in total. The van der Waals surface area contributed by atoms with Gasteiger partial charge in [0.2, 0.25) is 0 Å². The lowest BCUT2D eigenvalue weighted by atomic mass is 9.81. The average Bonchev–Trinajstić information content (AvgIpc) is 2.66. The molecule has 28 heavy (non-hydrogen) atoms. The van der Waals surface area contributed by atoms with E-state index in [9.17, 15) is 14.0 Å². The van der Waals surface area contributed by atoms with Crippen LogP contribution in [0.25, 0.3) is 0 Å². The van der Waals surface area contributed by atoms with Gasteiger partial charge in [-0.1, -0.05) is 55.8 Å². The third-order valence-electron chi connectivity index (χ3n) is 4.56. The first-order chi connectivity index (χ1) is 13.3. The van der Waals surface area contributed by atoms with Crippen LogP contribution in [-0.2, 0) is 15.9 Å². The first-order valence-electron chi connectivity index (χ1n) is 9.14. The number of Topliss-reactive ketones (excluding diaryl/α,β-unsaturated/α-hetero) is 2. The smallest absolute Gasteiger partial charge is 0.361 e. The van der Waals surface area contributed by atoms with E-state index in [0.717, 1.165) is 11.6 Å². The van der Waals surface area contributed by atoms with Gasteiger partial charge in [0.25, 0.3) is 0 Å². The highest BCUT2D eigenvalue weighted by Gasteiger charge is 2.35. The minimum Gasteiger partial charge on any atom is -0.427 e. The number of halogens is 2. The van der Waals surface area contributed by atoms with E-state index in [2.05, 4.69) is 5.23 Å². The number of hydrogen-bond acceptors (Lipinski definition) is 4. The van der Waals surface area contributed by atoms with Crippen LogP contribution in [0.2, 0.25) is 5.02 Å². The predicted molar refractivity (Wildman–Crippen MR) is 110 cm³/mol. The molecule has 0 heterocycles. The number of carbonyl (C=O) groups excluding carboxylic acids is 2. The maximum absolute atomic E-state index is 14.4. The van der Waals surface area contributed by atoms with Gasteiger partial charge in [0.05, 0.1) is 17.5 Å². The molecule has 2 rings (SSSR count). The van der Waals surface area contributed by atoms with E-state index in [4.69, 9.17) is 16.3 Å². The summed E-state index contributed by atoms with van der Waals surface area (Å²) in [4.78, 5) is 26.5. The molecule has 0 saturated carbocycles. The molecule has 148 valence electrons. The standard InChI is InChI=1S/C21H24BClFNO3/c1-13(2)19(25-22-28-3)21(27)17(11-14-7-5-4-6-8-14)20(26)16-10-9-15(23)12-18(16)24/h4-10,12-13,17,19,22,25H,11H2,1-3H3. The lowest BCUT2D eigenvalue weighted by Gasteiger charge is -2.25. The fraction of sp³-hybridized carbons (Fsp3) is 0.333. The highest BCUT2D eigenvalue weighted by molar-refractivity contribution is 6.30. The van der Waals surface area contributed by atoms with Crippen LogP contribution in [0.1, 0.15) is 29.8 Å². The second-order valence-corrected chi connectivity index (χ2v) is 7.43. The molecule has 0 saturated heterocycles. The second kappa shape index (κ2) is 10.5. The van der Waals surface area contributed by atoms with Crippen molar-refractivity contribution in [3.8, 4) is 0 Å². The molecule has 0 fully saturated rings. The first-order valence-corrected chi connectivity index (χ1v) is 9.52. The van der Waals surface area contributed by atoms with E-state index < -0.39 is 23.6 Å². The normalized spacial score (nSPS) is 13.2. The Morgan fingerprint density at radius 2 is 1.86 bits per heavy atom. The van der Waals surface area contributed by atoms with Crippen molar-refractivity contribution in [1.82, 2.24) is 5.23 Å². The summed E-state index contributed by atoms with van der Waals surface area (Å²) in [7, 11) is 1.70. The summed E-state index contributed by atoms with van der Waals surface area (Å²) in [6, 6.07) is 12.5. The molecule has 0 radical (unpaired) electrons. The Morgan fingerprint density at radius 1 is 1.18 bits per heavy atom. The molecule has 0 spiro atoms. The van der Waals surface area contributed by atoms with Crippen molar-refractivity contribution >= 4 is 30.8 Å². The Balaban J connectivity index is 2.40. The molecular formula is C21H24BClFNO3. The van der Waals surface area contributed by atoms with E-state index in [-0.39, 0.29) is 36.3 Å². The van der Waals surface area contributed by atoms with Crippen LogP contribution in [0.5, 0.6) is 0 Å². The molecule has 0 aliphatic heterocycles. The van der Waals surface area contributed by atoms with Gasteiger partial charge in [0.15, 0.2) is 11.6 Å². The van der Waals surface area contributed by atoms with E-state index in [1.54, 1.807) is 0 Å². The van der Waals surface area contributed by atoms with Crippen molar-refractivity contribution < 1.29 is 18.6 Å². The molecule has 0 bridgehead atoms. The number of benzene rings is 2. The average molecular weight is 404 g/mol. The Morgan fingerprint density at radius 3 is 2.43 bits per heavy atom. The van der Waals surface area contributed by atoms with Crippen molar-refractivity contribution in [3.05, 3.63) is 70.5 Å². The van der Waals surface area contributed by atoms with Crippen LogP contribution < -0.4 is 5.23 Å². The molecule has 2 atom stereocenters. The quantitative estimate of drug-likeness (QED) is 0.374. The van der Waals surface area contributed by atoms with Crippen molar-refractivity contribution in [2.45, 2.75) is 26.3 Å². The van der Waals surface area contributed by atoms with Gasteiger partial charge in [-0.3, -0.25) is 9.59 Å². The minimum atomic E-state index is -1.02. The first kappa shape index (κ1) is 22.3. The monoisotopic (exact) mass is 403 g/mol. The fourth-order valence-corrected chi connectivity index (χ4v) is 3.26. The number of hydrogen-bond donors (Lipinski definition) is 1. The van der Waals surface area contributed by atoms with Gasteiger partial charge < -0.3 is 9.88 Å². The molecule has 2 aromatic rings. The lowest BCUT2D eigenvalue weighted by molar-refractivity contribution is -0.124. The predicted octanol–water partition coefficient (Wildman–Crippen LogP) is 3.62. The van der Waals surface area contributed by atoms with E-state index in [0.29, 0.717) is 0 Å². The Bertz CT molecular complexity index is 817. The zero-order chi connectivity index (χ0) is 20.7. The van der Waals surface area contributed by atoms with E-state index >= 15 is 0 Å². The Kier molecular flexibility index (Phi) is 8.36. The van der Waals surface area contributed by atoms with Crippen LogP contribution in [0, 0.1) is 17.7 Å². The van der Waals surface area contributed by atoms with Crippen LogP contribution in [0.15, 0.2) is 48.5 Å². The van der Waals surface area contributed by atoms with Gasteiger partial charge in [-0.25, -0.2) is 4.39 Å². The third-order valence-corrected chi connectivity index (χ3v) is 4.80. The van der Waals surface area contributed by atoms with Gasteiger partial charge >= 0.3 is 7.62 Å². The summed E-state index contributed by atoms with van der Waals surface area (Å²) in [6.45, 7) is 3.77. The lowest BCUT2D eigenvalue weighted by Crippen LogP contribution is -2.48. The van der Waals surface area contributed by atoms with Crippen LogP contribution in [0.3, 0.4) is 0 Å². The van der Waals surface area contributed by atoms with Crippen LogP contribution >= 0.6 is 11.6 Å². The van der Waals surface area contributed by atoms with E-state index in [1.165, 1.54) is 19.2 Å². The van der Waals surface area contributed by atoms with Crippen molar-refractivity contribution in [2.24, 2.45) is 11.8 Å². The third kappa shape index (κ3) is 5.74. The van der Waals surface area contributed by atoms with Crippen LogP contribution in [-0.4, -0.2) is 32.3 Å². The molecule has 7 heteroatoms. The summed E-state index contributed by atoms with van der Waals surface area (Å²) in [6.07, 6.45) is 0.193. The molecule has 2 unspecified atom stereocenters. The summed E-state index contributed by atoms with van der Waals surface area (Å²) in [5, 5.41) is 3.22. The number of rotatable bonds is 10. The second-order valence-electron chi connectivity index (χ2n) is 6.99. The summed E-state index contributed by atoms with van der Waals surface area (Å²) in [5.41, 5.74) is 0.700. The highest BCUT2D eigenvalue weighted by Crippen LogP contribution is 2.23. The zero-order valence-corrected chi connectivity index (χ0v) is 17.0. The van der Waals surface area contributed by atoms with Gasteiger partial charge in [-0.15, -0.1) is 0 Å². The molecule has 0 aromatic heterocycles. The van der Waals surface area contributed by atoms with Crippen molar-refractivity contribution in [1.29, 1.82) is 0 Å². The molecule has 4 nitrogen and oxygen atoms in total. The van der Waals surface area contributed by atoms with Crippen LogP contribution in [0.4, 0.5) is 4.39 Å². The van der Waals surface area contributed by atoms with Gasteiger partial charge in [-0.05, 0) is 36.1 Å². The molecule has 0 amide bonds. The SMILES string of the molecule is COBNC(C(=O)C(Cc1ccccc1)C(=O)c1ccc(Cl)cc1F)C(C)C. The summed E-state index contributed by atoms with van der Waals surface area (Å²) < 4.78 is 19.4. The molecule has 0 aliphatic carbocycles. The van der Waals surface area contributed by atoms with Crippen molar-refractivity contribution in [2.75, 3.05) is 7.11 Å². The molecule has 0 aliphatic rings. The largest absolute Gasteiger partial charge is 0.427 e. The molecule has 2 aromatic carbocycles. The number of carbonyl (C=O) groups is 2. The minimum absolute atomic E-state index is 0.0659. The fourth-order valence-electron chi connectivity index (χ4n) is 3.10. The van der Waals surface area contributed by atoms with Crippen molar-refractivity contribution in [3.63, 3.8) is 0 Å². The van der Waals surface area contributed by atoms with E-state index in [1.807, 2.05) is 44.2 Å².